The summed E-state index contributed by atoms with van der Waals surface area (Å²) < 4.78 is 13.2. The van der Waals surface area contributed by atoms with Gasteiger partial charge in [-0.1, -0.05) is 72.8 Å². The topological polar surface area (TPSA) is 64.7 Å². The number of nitrogens with one attached hydrogen (secondary N) is 2. The molecule has 0 aliphatic carbocycles. The normalized spacial score (nSPS) is 14.7. The van der Waals surface area contributed by atoms with Gasteiger partial charge in [-0.25, -0.2) is 4.39 Å². The van der Waals surface area contributed by atoms with Crippen molar-refractivity contribution in [1.82, 2.24) is 20.7 Å². The average Bonchev–Trinajstić information content (AvgIpc) is 2.92. The molecule has 186 valence electrons. The first kappa shape index (κ1) is 25.3. The van der Waals surface area contributed by atoms with Crippen LogP contribution in [0, 0.1) is 5.82 Å². The standard InChI is InChI=1S/C29H31FN4O2/c30-26-13-7-8-23(22-26)14-15-27(35)31-32-28(36)16-17-33-18-20-34(21-19-33)29(24-9-3-1-4-10-24)25-11-5-2-6-12-25/h1-15,22,29H,16-21H2,(H,31,35)(H,32,36)/b15-14+. The van der Waals surface area contributed by atoms with Gasteiger partial charge in [0.15, 0.2) is 0 Å². The highest BCUT2D eigenvalue weighted by Gasteiger charge is 2.26. The van der Waals surface area contributed by atoms with Crippen molar-refractivity contribution < 1.29 is 14.0 Å². The third-order valence-electron chi connectivity index (χ3n) is 6.26. The van der Waals surface area contributed by atoms with Gasteiger partial charge in [-0.2, -0.15) is 0 Å². The molecule has 36 heavy (non-hydrogen) atoms. The van der Waals surface area contributed by atoms with Crippen LogP contribution in [0.1, 0.15) is 29.2 Å². The second kappa shape index (κ2) is 12.8. The van der Waals surface area contributed by atoms with E-state index in [-0.39, 0.29) is 24.2 Å². The highest BCUT2D eigenvalue weighted by atomic mass is 19.1. The van der Waals surface area contributed by atoms with Gasteiger partial charge in [0.1, 0.15) is 5.82 Å². The van der Waals surface area contributed by atoms with Crippen LogP contribution in [-0.2, 0) is 9.59 Å². The van der Waals surface area contributed by atoms with Gasteiger partial charge in [0.05, 0.1) is 6.04 Å². The van der Waals surface area contributed by atoms with Crippen LogP contribution in [0.5, 0.6) is 0 Å². The van der Waals surface area contributed by atoms with Crippen LogP contribution in [0.15, 0.2) is 91.0 Å². The Balaban J connectivity index is 1.21. The summed E-state index contributed by atoms with van der Waals surface area (Å²) in [6, 6.07) is 27.2. The molecule has 3 aromatic rings. The lowest BCUT2D eigenvalue weighted by molar-refractivity contribution is -0.127. The summed E-state index contributed by atoms with van der Waals surface area (Å²) >= 11 is 0. The van der Waals surface area contributed by atoms with E-state index in [0.29, 0.717) is 12.1 Å². The minimum absolute atomic E-state index is 0.202. The lowest BCUT2D eigenvalue weighted by Crippen LogP contribution is -2.49. The van der Waals surface area contributed by atoms with Crippen LogP contribution in [0.4, 0.5) is 4.39 Å². The SMILES string of the molecule is O=C(/C=C/c1cccc(F)c1)NNC(=O)CCN1CCN(C(c2ccccc2)c2ccccc2)CC1. The second-order valence-electron chi connectivity index (χ2n) is 8.78. The van der Waals surface area contributed by atoms with Crippen LogP contribution in [0.25, 0.3) is 6.08 Å². The van der Waals surface area contributed by atoms with Crippen LogP contribution < -0.4 is 10.9 Å². The van der Waals surface area contributed by atoms with Crippen LogP contribution in [0.3, 0.4) is 0 Å². The van der Waals surface area contributed by atoms with Gasteiger partial charge in [0, 0.05) is 45.2 Å². The molecular formula is C29H31FN4O2. The Labute approximate surface area is 211 Å². The predicted molar refractivity (Wildman–Crippen MR) is 139 cm³/mol. The highest BCUT2D eigenvalue weighted by molar-refractivity contribution is 5.93. The summed E-state index contributed by atoms with van der Waals surface area (Å²) in [5.74, 6) is -1.10. The molecule has 1 aliphatic heterocycles. The molecule has 0 radical (unpaired) electrons. The Morgan fingerprint density at radius 3 is 2.08 bits per heavy atom. The number of hydrogen-bond acceptors (Lipinski definition) is 4. The predicted octanol–water partition coefficient (Wildman–Crippen LogP) is 3.78. The summed E-state index contributed by atoms with van der Waals surface area (Å²) in [6.07, 6.45) is 3.03. The molecule has 1 heterocycles. The summed E-state index contributed by atoms with van der Waals surface area (Å²) in [7, 11) is 0. The van der Waals surface area contributed by atoms with Gasteiger partial charge in [0.2, 0.25) is 5.91 Å². The lowest BCUT2D eigenvalue weighted by atomic mass is 9.96. The summed E-state index contributed by atoms with van der Waals surface area (Å²) in [5.41, 5.74) is 7.93. The van der Waals surface area contributed by atoms with Crippen LogP contribution >= 0.6 is 0 Å². The molecule has 2 amide bonds. The fourth-order valence-corrected chi connectivity index (χ4v) is 4.41. The largest absolute Gasteiger partial charge is 0.300 e. The molecule has 0 spiro atoms. The van der Waals surface area contributed by atoms with Gasteiger partial charge in [-0.15, -0.1) is 0 Å². The molecule has 3 aromatic carbocycles. The first-order chi connectivity index (χ1) is 17.6. The lowest BCUT2D eigenvalue weighted by Gasteiger charge is -2.39. The number of halogens is 1. The molecule has 0 atom stereocenters. The monoisotopic (exact) mass is 486 g/mol. The molecule has 0 bridgehead atoms. The van der Waals surface area contributed by atoms with Crippen molar-refractivity contribution in [2.75, 3.05) is 32.7 Å². The molecule has 7 heteroatoms. The third kappa shape index (κ3) is 7.34. The number of amides is 2. The number of benzene rings is 3. The molecule has 0 saturated carbocycles. The van der Waals surface area contributed by atoms with Crippen molar-refractivity contribution in [3.63, 3.8) is 0 Å². The van der Waals surface area contributed by atoms with Crippen molar-refractivity contribution in [1.29, 1.82) is 0 Å². The summed E-state index contributed by atoms with van der Waals surface area (Å²) in [4.78, 5) is 28.9. The van der Waals surface area contributed by atoms with E-state index in [2.05, 4.69) is 69.2 Å². The Morgan fingerprint density at radius 1 is 0.833 bits per heavy atom. The van der Waals surface area contributed by atoms with Gasteiger partial charge >= 0.3 is 0 Å². The zero-order chi connectivity index (χ0) is 25.2. The van der Waals surface area contributed by atoms with E-state index >= 15 is 0 Å². The Bertz CT molecular complexity index is 1120. The second-order valence-corrected chi connectivity index (χ2v) is 8.78. The molecular weight excluding hydrogens is 455 g/mol. The van der Waals surface area contributed by atoms with E-state index in [1.807, 2.05) is 12.1 Å². The maximum atomic E-state index is 13.2. The number of carbonyl (C=O) groups is 2. The van der Waals surface area contributed by atoms with Crippen LogP contribution in [-0.4, -0.2) is 54.3 Å². The van der Waals surface area contributed by atoms with E-state index in [1.54, 1.807) is 12.1 Å². The van der Waals surface area contributed by atoms with Gasteiger partial charge in [0.25, 0.3) is 5.91 Å². The Kier molecular flexibility index (Phi) is 8.97. The first-order valence-corrected chi connectivity index (χ1v) is 12.2. The third-order valence-corrected chi connectivity index (χ3v) is 6.26. The fourth-order valence-electron chi connectivity index (χ4n) is 4.41. The van der Waals surface area contributed by atoms with Gasteiger partial charge in [-0.3, -0.25) is 25.3 Å². The quantitative estimate of drug-likeness (QED) is 0.376. The van der Waals surface area contributed by atoms with E-state index in [9.17, 15) is 14.0 Å². The molecule has 0 aromatic heterocycles. The minimum atomic E-state index is -0.478. The average molecular weight is 487 g/mol. The summed E-state index contributed by atoms with van der Waals surface area (Å²) in [6.45, 7) is 4.16. The maximum absolute atomic E-state index is 13.2. The van der Waals surface area contributed by atoms with Gasteiger partial charge < -0.3 is 4.90 Å². The van der Waals surface area contributed by atoms with Crippen molar-refractivity contribution >= 4 is 17.9 Å². The van der Waals surface area contributed by atoms with Crippen molar-refractivity contribution in [3.05, 3.63) is 114 Å². The number of carbonyl (C=O) groups excluding carboxylic acids is 2. The molecule has 1 saturated heterocycles. The molecule has 1 fully saturated rings. The van der Waals surface area contributed by atoms with Crippen molar-refractivity contribution in [2.45, 2.75) is 12.5 Å². The number of hydrogen-bond donors (Lipinski definition) is 2. The molecule has 2 N–H and O–H groups in total. The van der Waals surface area contributed by atoms with E-state index in [1.165, 1.54) is 35.4 Å². The highest BCUT2D eigenvalue weighted by Crippen LogP contribution is 2.29. The van der Waals surface area contributed by atoms with Crippen molar-refractivity contribution in [3.8, 4) is 0 Å². The van der Waals surface area contributed by atoms with Crippen LogP contribution in [0.2, 0.25) is 0 Å². The first-order valence-electron chi connectivity index (χ1n) is 12.2. The number of hydrazine groups is 1. The molecule has 0 unspecified atom stereocenters. The Hall–Kier alpha value is -3.81. The number of piperazine rings is 1. The fraction of sp³-hybridized carbons (Fsp3) is 0.241. The van der Waals surface area contributed by atoms with E-state index in [4.69, 9.17) is 0 Å². The molecule has 1 aliphatic rings. The minimum Gasteiger partial charge on any atom is -0.300 e. The van der Waals surface area contributed by atoms with E-state index in [0.717, 1.165) is 26.2 Å². The number of nitrogens with zero attached hydrogens (tertiary/aromatic N) is 2. The summed E-state index contributed by atoms with van der Waals surface area (Å²) in [5, 5.41) is 0. The zero-order valence-corrected chi connectivity index (χ0v) is 20.1. The smallest absolute Gasteiger partial charge is 0.262 e. The van der Waals surface area contributed by atoms with E-state index < -0.39 is 5.91 Å². The zero-order valence-electron chi connectivity index (χ0n) is 20.1. The Morgan fingerprint density at radius 2 is 1.47 bits per heavy atom. The molecule has 6 nitrogen and oxygen atoms in total. The number of rotatable bonds is 8. The molecule has 4 rings (SSSR count). The van der Waals surface area contributed by atoms with Crippen molar-refractivity contribution in [2.24, 2.45) is 0 Å². The van der Waals surface area contributed by atoms with Gasteiger partial charge in [-0.05, 0) is 34.9 Å². The maximum Gasteiger partial charge on any atom is 0.262 e.